The van der Waals surface area contributed by atoms with Gasteiger partial charge >= 0.3 is 0 Å². The van der Waals surface area contributed by atoms with Gasteiger partial charge in [-0.2, -0.15) is 10.1 Å². The molecule has 24 heavy (non-hydrogen) atoms. The van der Waals surface area contributed by atoms with Gasteiger partial charge in [0.25, 0.3) is 5.89 Å². The molecule has 6 heteroatoms. The summed E-state index contributed by atoms with van der Waals surface area (Å²) in [5.74, 6) is 1.14. The van der Waals surface area contributed by atoms with Gasteiger partial charge in [0.05, 0.1) is 18.8 Å². The predicted octanol–water partition coefficient (Wildman–Crippen LogP) is 3.50. The Hall–Kier alpha value is -2.47. The van der Waals surface area contributed by atoms with E-state index in [1.165, 1.54) is 0 Å². The van der Waals surface area contributed by atoms with E-state index in [1.807, 2.05) is 28.9 Å². The van der Waals surface area contributed by atoms with Crippen molar-refractivity contribution in [2.45, 2.75) is 45.4 Å². The average molecular weight is 324 g/mol. The van der Waals surface area contributed by atoms with Crippen LogP contribution < -0.4 is 0 Å². The molecule has 6 nitrogen and oxygen atoms in total. The van der Waals surface area contributed by atoms with E-state index in [2.05, 4.69) is 48.1 Å². The second-order valence-corrected chi connectivity index (χ2v) is 7.09. The quantitative estimate of drug-likeness (QED) is 0.722. The Morgan fingerprint density at radius 3 is 2.67 bits per heavy atom. The Morgan fingerprint density at radius 2 is 1.96 bits per heavy atom. The second-order valence-electron chi connectivity index (χ2n) is 7.09. The smallest absolute Gasteiger partial charge is 0.278 e. The maximum atomic E-state index is 5.97. The van der Waals surface area contributed by atoms with Gasteiger partial charge in [-0.25, -0.2) is 0 Å². The van der Waals surface area contributed by atoms with Gasteiger partial charge < -0.3 is 9.26 Å². The highest BCUT2D eigenvalue weighted by molar-refractivity contribution is 5.47. The minimum atomic E-state index is -0.150. The summed E-state index contributed by atoms with van der Waals surface area (Å²) in [5, 5.41) is 8.70. The summed E-state index contributed by atoms with van der Waals surface area (Å²) < 4.78 is 13.3. The molecule has 0 saturated heterocycles. The molecule has 0 radical (unpaired) electrons. The number of ether oxygens (including phenoxy) is 1. The van der Waals surface area contributed by atoms with E-state index in [0.29, 0.717) is 30.6 Å². The maximum absolute atomic E-state index is 5.97. The lowest BCUT2D eigenvalue weighted by Gasteiger charge is -2.24. The molecule has 1 aliphatic rings. The molecule has 0 N–H and O–H groups in total. The Balaban J connectivity index is 1.60. The fourth-order valence-electron chi connectivity index (χ4n) is 2.73. The fraction of sp³-hybridized carbons (Fsp3) is 0.389. The summed E-state index contributed by atoms with van der Waals surface area (Å²) in [6.45, 7) is 7.36. The number of rotatable bonds is 2. The van der Waals surface area contributed by atoms with Gasteiger partial charge in [-0.15, -0.1) is 0 Å². The summed E-state index contributed by atoms with van der Waals surface area (Å²) in [5.41, 5.74) is 2.73. The van der Waals surface area contributed by atoms with E-state index in [4.69, 9.17) is 9.26 Å². The van der Waals surface area contributed by atoms with E-state index >= 15 is 0 Å². The summed E-state index contributed by atoms with van der Waals surface area (Å²) in [6.07, 6.45) is 0.0132. The molecule has 0 amide bonds. The maximum Gasteiger partial charge on any atom is 0.278 e. The van der Waals surface area contributed by atoms with E-state index in [-0.39, 0.29) is 11.5 Å². The summed E-state index contributed by atoms with van der Waals surface area (Å²) in [6, 6.07) is 12.2. The van der Waals surface area contributed by atoms with Crippen LogP contribution in [0.25, 0.3) is 11.6 Å². The van der Waals surface area contributed by atoms with E-state index in [0.717, 1.165) is 11.3 Å². The zero-order valence-corrected chi connectivity index (χ0v) is 14.1. The Labute approximate surface area is 140 Å². The van der Waals surface area contributed by atoms with Crippen LogP contribution >= 0.6 is 0 Å². The first kappa shape index (κ1) is 15.1. The van der Waals surface area contributed by atoms with Crippen LogP contribution in [0.4, 0.5) is 0 Å². The van der Waals surface area contributed by atoms with Crippen molar-refractivity contribution in [2.75, 3.05) is 0 Å². The van der Waals surface area contributed by atoms with Gasteiger partial charge in [-0.3, -0.25) is 4.68 Å². The molecule has 2 aromatic heterocycles. The van der Waals surface area contributed by atoms with Crippen molar-refractivity contribution in [1.29, 1.82) is 0 Å². The molecule has 0 fully saturated rings. The molecule has 0 bridgehead atoms. The van der Waals surface area contributed by atoms with Crippen molar-refractivity contribution in [3.05, 3.63) is 53.5 Å². The van der Waals surface area contributed by atoms with Crippen LogP contribution in [-0.2, 0) is 23.3 Å². The van der Waals surface area contributed by atoms with Crippen LogP contribution in [0.2, 0.25) is 0 Å². The molecule has 1 aliphatic heterocycles. The number of nitrogens with zero attached hydrogens (tertiary/aromatic N) is 4. The molecule has 4 rings (SSSR count). The summed E-state index contributed by atoms with van der Waals surface area (Å²) in [7, 11) is 0. The molecule has 3 aromatic rings. The third-order valence-corrected chi connectivity index (χ3v) is 4.12. The van der Waals surface area contributed by atoms with Crippen molar-refractivity contribution in [3.63, 3.8) is 0 Å². The molecule has 1 atom stereocenters. The zero-order chi connectivity index (χ0) is 16.7. The lowest BCUT2D eigenvalue weighted by molar-refractivity contribution is -0.00113. The van der Waals surface area contributed by atoms with Crippen LogP contribution in [0.5, 0.6) is 0 Å². The van der Waals surface area contributed by atoms with Crippen molar-refractivity contribution >= 4 is 0 Å². The highest BCUT2D eigenvalue weighted by Gasteiger charge is 2.26. The minimum Gasteiger partial charge on any atom is -0.365 e. The van der Waals surface area contributed by atoms with E-state index in [1.54, 1.807) is 0 Å². The van der Waals surface area contributed by atoms with Gasteiger partial charge in [0.1, 0.15) is 6.10 Å². The van der Waals surface area contributed by atoms with Gasteiger partial charge in [0.2, 0.25) is 0 Å². The number of fused-ring (bicyclic) bond motifs is 1. The standard InChI is InChI=1S/C18H20N4O2/c1-18(2,3)17-19-16(24-21-17)14-9-13-11-23-15(10-22(13)20-14)12-7-5-4-6-8-12/h4-9,15H,10-11H2,1-3H3. The molecule has 0 spiro atoms. The lowest BCUT2D eigenvalue weighted by atomic mass is 9.96. The normalized spacial score (nSPS) is 17.7. The van der Waals surface area contributed by atoms with Gasteiger partial charge in [-0.05, 0) is 11.6 Å². The largest absolute Gasteiger partial charge is 0.365 e. The predicted molar refractivity (Wildman–Crippen MR) is 88.2 cm³/mol. The zero-order valence-electron chi connectivity index (χ0n) is 14.1. The van der Waals surface area contributed by atoms with E-state index in [9.17, 15) is 0 Å². The first-order chi connectivity index (χ1) is 11.5. The monoisotopic (exact) mass is 324 g/mol. The van der Waals surface area contributed by atoms with Gasteiger partial charge in [0, 0.05) is 5.41 Å². The van der Waals surface area contributed by atoms with Crippen LogP contribution in [0, 0.1) is 0 Å². The third kappa shape index (κ3) is 2.73. The average Bonchev–Trinajstić information content (AvgIpc) is 3.21. The van der Waals surface area contributed by atoms with Crippen molar-refractivity contribution < 1.29 is 9.26 Å². The molecule has 1 aromatic carbocycles. The summed E-state index contributed by atoms with van der Waals surface area (Å²) in [4.78, 5) is 4.48. The Morgan fingerprint density at radius 1 is 1.17 bits per heavy atom. The van der Waals surface area contributed by atoms with Crippen LogP contribution in [0.15, 0.2) is 40.9 Å². The number of hydrogen-bond donors (Lipinski definition) is 0. The second kappa shape index (κ2) is 5.56. The van der Waals surface area contributed by atoms with Crippen molar-refractivity contribution in [3.8, 4) is 11.6 Å². The van der Waals surface area contributed by atoms with E-state index < -0.39 is 0 Å². The summed E-state index contributed by atoms with van der Waals surface area (Å²) >= 11 is 0. The van der Waals surface area contributed by atoms with Crippen LogP contribution in [0.1, 0.15) is 44.0 Å². The molecular weight excluding hydrogens is 304 g/mol. The topological polar surface area (TPSA) is 66.0 Å². The van der Waals surface area contributed by atoms with Crippen molar-refractivity contribution in [1.82, 2.24) is 19.9 Å². The van der Waals surface area contributed by atoms with Crippen LogP contribution in [0.3, 0.4) is 0 Å². The first-order valence-corrected chi connectivity index (χ1v) is 8.08. The molecule has 1 unspecified atom stereocenters. The molecule has 3 heterocycles. The number of hydrogen-bond acceptors (Lipinski definition) is 5. The van der Waals surface area contributed by atoms with Crippen molar-refractivity contribution in [2.24, 2.45) is 0 Å². The first-order valence-electron chi connectivity index (χ1n) is 8.08. The Bertz CT molecular complexity index is 846. The minimum absolute atomic E-state index is 0.0132. The molecular formula is C18H20N4O2. The SMILES string of the molecule is CC(C)(C)c1noc(-c2cc3n(n2)CC(c2ccccc2)OC3)n1. The van der Waals surface area contributed by atoms with Gasteiger partial charge in [0.15, 0.2) is 11.5 Å². The highest BCUT2D eigenvalue weighted by atomic mass is 16.5. The molecule has 0 aliphatic carbocycles. The van der Waals surface area contributed by atoms with Crippen LogP contribution in [-0.4, -0.2) is 19.9 Å². The number of aromatic nitrogens is 4. The molecule has 124 valence electrons. The molecule has 0 saturated carbocycles. The number of benzene rings is 1. The lowest BCUT2D eigenvalue weighted by Crippen LogP contribution is -2.21. The van der Waals surface area contributed by atoms with Gasteiger partial charge in [-0.1, -0.05) is 56.3 Å². The fourth-order valence-corrected chi connectivity index (χ4v) is 2.73. The third-order valence-electron chi connectivity index (χ3n) is 4.12. The Kier molecular flexibility index (Phi) is 3.49. The highest BCUT2D eigenvalue weighted by Crippen LogP contribution is 2.29.